The number of amides is 1. The molecule has 2 atom stereocenters. The summed E-state index contributed by atoms with van der Waals surface area (Å²) >= 11 is 2.26. The smallest absolute Gasteiger partial charge is 0.411 e. The normalized spacial score (nSPS) is 21.3. The number of hydrogen-bond acceptors (Lipinski definition) is 3. The van der Waals surface area contributed by atoms with Gasteiger partial charge in [0.25, 0.3) is 0 Å². The number of halogens is 1. The SMILES string of the molecule is CC(C)(C)OC(=O)N1CC(Cc2cccc(I)c2)CC1C(=O)O. The number of carbonyl (C=O) groups excluding carboxylic acids is 1. The Morgan fingerprint density at radius 3 is 2.65 bits per heavy atom. The van der Waals surface area contributed by atoms with E-state index in [0.717, 1.165) is 15.6 Å². The van der Waals surface area contributed by atoms with Crippen LogP contribution in [-0.2, 0) is 16.0 Å². The van der Waals surface area contributed by atoms with Gasteiger partial charge in [0.05, 0.1) is 0 Å². The Morgan fingerprint density at radius 2 is 2.09 bits per heavy atom. The van der Waals surface area contributed by atoms with E-state index >= 15 is 0 Å². The molecule has 1 heterocycles. The van der Waals surface area contributed by atoms with Crippen molar-refractivity contribution in [3.63, 3.8) is 0 Å². The third-order valence-electron chi connectivity index (χ3n) is 3.71. The number of ether oxygens (including phenoxy) is 1. The quantitative estimate of drug-likeness (QED) is 0.744. The lowest BCUT2D eigenvalue weighted by molar-refractivity contribution is -0.142. The highest BCUT2D eigenvalue weighted by atomic mass is 127. The van der Waals surface area contributed by atoms with E-state index in [1.807, 2.05) is 18.2 Å². The number of carboxylic acids is 1. The van der Waals surface area contributed by atoms with Crippen molar-refractivity contribution in [2.75, 3.05) is 6.54 Å². The lowest BCUT2D eigenvalue weighted by Gasteiger charge is -2.26. The van der Waals surface area contributed by atoms with Crippen molar-refractivity contribution in [3.8, 4) is 0 Å². The minimum absolute atomic E-state index is 0.127. The molecule has 0 radical (unpaired) electrons. The van der Waals surface area contributed by atoms with Gasteiger partial charge in [-0.3, -0.25) is 4.90 Å². The molecule has 1 N–H and O–H groups in total. The molecule has 2 rings (SSSR count). The van der Waals surface area contributed by atoms with Gasteiger partial charge in [-0.05, 0) is 79.8 Å². The molecule has 1 aliphatic rings. The molecule has 1 aromatic rings. The molecular formula is C17H22INO4. The highest BCUT2D eigenvalue weighted by Crippen LogP contribution is 2.28. The van der Waals surface area contributed by atoms with Gasteiger partial charge in [-0.15, -0.1) is 0 Å². The van der Waals surface area contributed by atoms with Crippen molar-refractivity contribution in [2.45, 2.75) is 45.3 Å². The molecule has 0 spiro atoms. The number of hydrogen-bond donors (Lipinski definition) is 1. The third kappa shape index (κ3) is 5.09. The van der Waals surface area contributed by atoms with Gasteiger partial charge in [-0.1, -0.05) is 12.1 Å². The van der Waals surface area contributed by atoms with Gasteiger partial charge in [-0.25, -0.2) is 9.59 Å². The number of rotatable bonds is 3. The van der Waals surface area contributed by atoms with E-state index in [-0.39, 0.29) is 5.92 Å². The Balaban J connectivity index is 2.08. The van der Waals surface area contributed by atoms with Crippen molar-refractivity contribution in [1.29, 1.82) is 0 Å². The number of aliphatic carboxylic acids is 1. The lowest BCUT2D eigenvalue weighted by atomic mass is 9.97. The molecule has 23 heavy (non-hydrogen) atoms. The summed E-state index contributed by atoms with van der Waals surface area (Å²) < 4.78 is 6.49. The van der Waals surface area contributed by atoms with Gasteiger partial charge < -0.3 is 9.84 Å². The Labute approximate surface area is 150 Å². The summed E-state index contributed by atoms with van der Waals surface area (Å²) in [6, 6.07) is 7.33. The minimum atomic E-state index is -0.971. The maximum Gasteiger partial charge on any atom is 0.411 e. The van der Waals surface area contributed by atoms with Crippen LogP contribution in [0.5, 0.6) is 0 Å². The van der Waals surface area contributed by atoms with Crippen LogP contribution in [0.25, 0.3) is 0 Å². The highest BCUT2D eigenvalue weighted by molar-refractivity contribution is 14.1. The Morgan fingerprint density at radius 1 is 1.39 bits per heavy atom. The number of nitrogens with zero attached hydrogens (tertiary/aromatic N) is 1. The number of carboxylic acid groups (broad SMARTS) is 1. The third-order valence-corrected chi connectivity index (χ3v) is 4.39. The van der Waals surface area contributed by atoms with E-state index in [2.05, 4.69) is 28.7 Å². The molecular weight excluding hydrogens is 409 g/mol. The molecule has 5 nitrogen and oxygen atoms in total. The predicted molar refractivity (Wildman–Crippen MR) is 95.3 cm³/mol. The summed E-state index contributed by atoms with van der Waals surface area (Å²) in [7, 11) is 0. The van der Waals surface area contributed by atoms with Crippen LogP contribution in [0.4, 0.5) is 4.79 Å². The number of carbonyl (C=O) groups is 2. The minimum Gasteiger partial charge on any atom is -0.480 e. The van der Waals surface area contributed by atoms with E-state index in [4.69, 9.17) is 4.74 Å². The first-order valence-electron chi connectivity index (χ1n) is 7.62. The fraction of sp³-hybridized carbons (Fsp3) is 0.529. The van der Waals surface area contributed by atoms with E-state index in [1.165, 1.54) is 4.90 Å². The maximum absolute atomic E-state index is 12.3. The summed E-state index contributed by atoms with van der Waals surface area (Å²) in [5, 5.41) is 9.41. The predicted octanol–water partition coefficient (Wildman–Crippen LogP) is 3.54. The molecule has 0 bridgehead atoms. The number of likely N-dealkylation sites (tertiary alicyclic amines) is 1. The maximum atomic E-state index is 12.3. The van der Waals surface area contributed by atoms with Gasteiger partial charge in [0.1, 0.15) is 11.6 Å². The first-order valence-corrected chi connectivity index (χ1v) is 8.70. The summed E-state index contributed by atoms with van der Waals surface area (Å²) in [5.41, 5.74) is 0.533. The van der Waals surface area contributed by atoms with Crippen molar-refractivity contribution in [3.05, 3.63) is 33.4 Å². The molecule has 2 unspecified atom stereocenters. The second kappa shape index (κ2) is 7.07. The zero-order chi connectivity index (χ0) is 17.2. The van der Waals surface area contributed by atoms with Crippen molar-refractivity contribution >= 4 is 34.7 Å². The van der Waals surface area contributed by atoms with Crippen molar-refractivity contribution in [2.24, 2.45) is 5.92 Å². The van der Waals surface area contributed by atoms with Crippen LogP contribution in [-0.4, -0.2) is 40.3 Å². The Bertz CT molecular complexity index is 597. The molecule has 1 fully saturated rings. The average molecular weight is 431 g/mol. The summed E-state index contributed by atoms with van der Waals surface area (Å²) in [4.78, 5) is 25.1. The molecule has 126 valence electrons. The van der Waals surface area contributed by atoms with Crippen LogP contribution in [0.2, 0.25) is 0 Å². The molecule has 1 saturated heterocycles. The Kier molecular flexibility index (Phi) is 5.54. The van der Waals surface area contributed by atoms with Crippen molar-refractivity contribution < 1.29 is 19.4 Å². The molecule has 1 amide bonds. The Hall–Kier alpha value is -1.31. The van der Waals surface area contributed by atoms with E-state index in [9.17, 15) is 14.7 Å². The van der Waals surface area contributed by atoms with E-state index in [1.54, 1.807) is 20.8 Å². The molecule has 1 aliphatic heterocycles. The van der Waals surface area contributed by atoms with Crippen molar-refractivity contribution in [1.82, 2.24) is 4.90 Å². The van der Waals surface area contributed by atoms with Gasteiger partial charge in [0, 0.05) is 10.1 Å². The monoisotopic (exact) mass is 431 g/mol. The molecule has 0 aliphatic carbocycles. The van der Waals surface area contributed by atoms with Crippen LogP contribution in [0, 0.1) is 9.49 Å². The average Bonchev–Trinajstić information content (AvgIpc) is 2.81. The first kappa shape index (κ1) is 18.0. The van der Waals surface area contributed by atoms with Crippen LogP contribution >= 0.6 is 22.6 Å². The second-order valence-electron chi connectivity index (χ2n) is 6.92. The molecule has 0 aromatic heterocycles. The zero-order valence-corrected chi connectivity index (χ0v) is 15.7. The van der Waals surface area contributed by atoms with Crippen LogP contribution < -0.4 is 0 Å². The van der Waals surface area contributed by atoms with Gasteiger partial charge >= 0.3 is 12.1 Å². The van der Waals surface area contributed by atoms with Gasteiger partial charge in [0.2, 0.25) is 0 Å². The molecule has 6 heteroatoms. The zero-order valence-electron chi connectivity index (χ0n) is 13.6. The summed E-state index contributed by atoms with van der Waals surface area (Å²) in [6.07, 6.45) is 0.676. The van der Waals surface area contributed by atoms with E-state index in [0.29, 0.717) is 13.0 Å². The van der Waals surface area contributed by atoms with Crippen LogP contribution in [0.1, 0.15) is 32.8 Å². The largest absolute Gasteiger partial charge is 0.480 e. The number of benzene rings is 1. The molecule has 1 aromatic carbocycles. The fourth-order valence-electron chi connectivity index (χ4n) is 2.82. The lowest BCUT2D eigenvalue weighted by Crippen LogP contribution is -2.43. The highest BCUT2D eigenvalue weighted by Gasteiger charge is 2.41. The second-order valence-corrected chi connectivity index (χ2v) is 8.17. The first-order chi connectivity index (χ1) is 10.7. The standard InChI is InChI=1S/C17H22INO4/c1-17(2,3)23-16(22)19-10-12(9-14(19)15(20)21)7-11-5-4-6-13(18)8-11/h4-6,8,12,14H,7,9-10H2,1-3H3,(H,20,21). The summed E-state index contributed by atoms with van der Waals surface area (Å²) in [6.45, 7) is 5.75. The van der Waals surface area contributed by atoms with E-state index < -0.39 is 23.7 Å². The summed E-state index contributed by atoms with van der Waals surface area (Å²) in [5.74, 6) is -0.845. The van der Waals surface area contributed by atoms with Crippen LogP contribution in [0.15, 0.2) is 24.3 Å². The molecule has 0 saturated carbocycles. The van der Waals surface area contributed by atoms with Gasteiger partial charge in [0.15, 0.2) is 0 Å². The van der Waals surface area contributed by atoms with Gasteiger partial charge in [-0.2, -0.15) is 0 Å². The topological polar surface area (TPSA) is 66.8 Å². The van der Waals surface area contributed by atoms with Crippen LogP contribution in [0.3, 0.4) is 0 Å². The fourth-order valence-corrected chi connectivity index (χ4v) is 3.43.